The van der Waals surface area contributed by atoms with Crippen molar-refractivity contribution in [2.45, 2.75) is 6.92 Å². The summed E-state index contributed by atoms with van der Waals surface area (Å²) in [5.74, 6) is -0.682. The number of thiophene rings is 1. The van der Waals surface area contributed by atoms with Crippen LogP contribution in [0.25, 0.3) is 21.1 Å². The number of hydrogen-bond acceptors (Lipinski definition) is 4. The molecule has 0 radical (unpaired) electrons. The fourth-order valence-corrected chi connectivity index (χ4v) is 3.67. The van der Waals surface area contributed by atoms with Crippen LogP contribution in [0, 0.1) is 12.7 Å². The Morgan fingerprint density at radius 3 is 2.68 bits per heavy atom. The van der Waals surface area contributed by atoms with E-state index in [-0.39, 0.29) is 11.7 Å². The molecule has 2 aromatic heterocycles. The van der Waals surface area contributed by atoms with Gasteiger partial charge in [-0.1, -0.05) is 12.1 Å². The topological polar surface area (TPSA) is 68.0 Å². The number of carbonyl (C=O) groups is 1. The number of nitrogens with zero attached hydrogens (tertiary/aromatic N) is 1. The van der Waals surface area contributed by atoms with Crippen LogP contribution in [-0.2, 0) is 0 Å². The molecule has 0 saturated carbocycles. The molecular formula is C19H14FN3OS. The summed E-state index contributed by atoms with van der Waals surface area (Å²) in [6.07, 6.45) is 0. The number of aryl methyl sites for hydroxylation is 1. The van der Waals surface area contributed by atoms with Crippen LogP contribution in [0.4, 0.5) is 15.8 Å². The zero-order valence-corrected chi connectivity index (χ0v) is 14.2. The van der Waals surface area contributed by atoms with Gasteiger partial charge >= 0.3 is 0 Å². The maximum absolute atomic E-state index is 13.0. The first kappa shape index (κ1) is 15.5. The van der Waals surface area contributed by atoms with E-state index in [0.29, 0.717) is 16.3 Å². The molecular weight excluding hydrogens is 337 g/mol. The van der Waals surface area contributed by atoms with Crippen LogP contribution in [0.2, 0.25) is 0 Å². The third kappa shape index (κ3) is 2.81. The lowest BCUT2D eigenvalue weighted by molar-refractivity contribution is 0.103. The normalized spacial score (nSPS) is 11.1. The molecule has 0 aliphatic rings. The SMILES string of the molecule is Cc1ccc2cc3c(N)c(C(=O)Nc4ccc(F)cc4)sc3nc2c1. The molecule has 0 fully saturated rings. The monoisotopic (exact) mass is 351 g/mol. The molecule has 4 nitrogen and oxygen atoms in total. The molecule has 124 valence electrons. The van der Waals surface area contributed by atoms with Gasteiger partial charge < -0.3 is 11.1 Å². The second kappa shape index (κ2) is 5.82. The van der Waals surface area contributed by atoms with Crippen LogP contribution in [-0.4, -0.2) is 10.9 Å². The maximum atomic E-state index is 13.0. The lowest BCUT2D eigenvalue weighted by atomic mass is 10.1. The predicted molar refractivity (Wildman–Crippen MR) is 101 cm³/mol. The molecule has 0 aliphatic carbocycles. The van der Waals surface area contributed by atoms with Crippen molar-refractivity contribution in [3.63, 3.8) is 0 Å². The average molecular weight is 351 g/mol. The Balaban J connectivity index is 1.76. The van der Waals surface area contributed by atoms with Crippen molar-refractivity contribution in [3.8, 4) is 0 Å². The number of rotatable bonds is 2. The van der Waals surface area contributed by atoms with Crippen LogP contribution in [0.1, 0.15) is 15.2 Å². The minimum atomic E-state index is -0.356. The Morgan fingerprint density at radius 1 is 1.16 bits per heavy atom. The van der Waals surface area contributed by atoms with Gasteiger partial charge in [-0.15, -0.1) is 11.3 Å². The lowest BCUT2D eigenvalue weighted by Crippen LogP contribution is -2.11. The van der Waals surface area contributed by atoms with Crippen molar-refractivity contribution in [2.75, 3.05) is 11.1 Å². The Bertz CT molecular complexity index is 1120. The zero-order chi connectivity index (χ0) is 17.6. The van der Waals surface area contributed by atoms with E-state index in [0.717, 1.165) is 26.7 Å². The summed E-state index contributed by atoms with van der Waals surface area (Å²) >= 11 is 1.25. The predicted octanol–water partition coefficient (Wildman–Crippen LogP) is 4.73. The highest BCUT2D eigenvalue weighted by Crippen LogP contribution is 2.35. The number of halogens is 1. The molecule has 6 heteroatoms. The second-order valence-electron chi connectivity index (χ2n) is 5.84. The standard InChI is InChI=1S/C19H14FN3OS/c1-10-2-3-11-9-14-16(21)17(25-19(14)23-15(11)8-10)18(24)22-13-6-4-12(20)5-7-13/h2-9H,21H2,1H3,(H,22,24). The Kier molecular flexibility index (Phi) is 3.62. The first-order valence-corrected chi connectivity index (χ1v) is 8.49. The van der Waals surface area contributed by atoms with Crippen LogP contribution in [0.5, 0.6) is 0 Å². The van der Waals surface area contributed by atoms with Crippen molar-refractivity contribution in [3.05, 3.63) is 64.8 Å². The summed E-state index contributed by atoms with van der Waals surface area (Å²) in [5, 5.41) is 4.48. The fraction of sp³-hybridized carbons (Fsp3) is 0.0526. The van der Waals surface area contributed by atoms with Gasteiger partial charge in [0.2, 0.25) is 0 Å². The molecule has 0 bridgehead atoms. The van der Waals surface area contributed by atoms with E-state index in [9.17, 15) is 9.18 Å². The number of amides is 1. The van der Waals surface area contributed by atoms with Crippen LogP contribution in [0.15, 0.2) is 48.5 Å². The van der Waals surface area contributed by atoms with Gasteiger partial charge in [-0.05, 0) is 48.9 Å². The molecule has 0 saturated heterocycles. The van der Waals surface area contributed by atoms with E-state index >= 15 is 0 Å². The lowest BCUT2D eigenvalue weighted by Gasteiger charge is -2.04. The van der Waals surface area contributed by atoms with Gasteiger partial charge in [-0.25, -0.2) is 9.37 Å². The van der Waals surface area contributed by atoms with E-state index in [1.165, 1.54) is 35.6 Å². The summed E-state index contributed by atoms with van der Waals surface area (Å²) in [6, 6.07) is 13.6. The zero-order valence-electron chi connectivity index (χ0n) is 13.3. The third-order valence-corrected chi connectivity index (χ3v) is 5.09. The van der Waals surface area contributed by atoms with E-state index in [1.807, 2.05) is 31.2 Å². The molecule has 4 aromatic rings. The Labute approximate surface area is 147 Å². The average Bonchev–Trinajstić information content (AvgIpc) is 2.91. The molecule has 4 rings (SSSR count). The molecule has 0 unspecified atom stereocenters. The smallest absolute Gasteiger partial charge is 0.267 e. The number of nitrogens with one attached hydrogen (secondary N) is 1. The summed E-state index contributed by atoms with van der Waals surface area (Å²) in [7, 11) is 0. The number of hydrogen-bond donors (Lipinski definition) is 2. The molecule has 0 atom stereocenters. The number of benzene rings is 2. The van der Waals surface area contributed by atoms with Crippen molar-refractivity contribution in [1.29, 1.82) is 0 Å². The highest BCUT2D eigenvalue weighted by Gasteiger charge is 2.18. The summed E-state index contributed by atoms with van der Waals surface area (Å²) in [5.41, 5.74) is 9.11. The molecule has 0 spiro atoms. The van der Waals surface area contributed by atoms with E-state index in [2.05, 4.69) is 10.3 Å². The fourth-order valence-electron chi connectivity index (χ4n) is 2.69. The van der Waals surface area contributed by atoms with Gasteiger partial charge in [-0.2, -0.15) is 0 Å². The van der Waals surface area contributed by atoms with Crippen LogP contribution >= 0.6 is 11.3 Å². The number of pyridine rings is 1. The number of fused-ring (bicyclic) bond motifs is 2. The van der Waals surface area contributed by atoms with Crippen molar-refractivity contribution < 1.29 is 9.18 Å². The second-order valence-corrected chi connectivity index (χ2v) is 6.84. The van der Waals surface area contributed by atoms with E-state index in [1.54, 1.807) is 0 Å². The van der Waals surface area contributed by atoms with Gasteiger partial charge in [0, 0.05) is 16.5 Å². The highest BCUT2D eigenvalue weighted by molar-refractivity contribution is 7.21. The minimum absolute atomic E-state index is 0.327. The van der Waals surface area contributed by atoms with E-state index in [4.69, 9.17) is 5.73 Å². The van der Waals surface area contributed by atoms with Gasteiger partial charge in [0.15, 0.2) is 0 Å². The summed E-state index contributed by atoms with van der Waals surface area (Å²) < 4.78 is 13.0. The van der Waals surface area contributed by atoms with Crippen LogP contribution in [0.3, 0.4) is 0 Å². The molecule has 1 amide bonds. The van der Waals surface area contributed by atoms with Gasteiger partial charge in [0.05, 0.1) is 11.2 Å². The van der Waals surface area contributed by atoms with Gasteiger partial charge in [0.1, 0.15) is 15.5 Å². The molecule has 2 aromatic carbocycles. The van der Waals surface area contributed by atoms with Gasteiger partial charge in [0.25, 0.3) is 5.91 Å². The first-order chi connectivity index (χ1) is 12.0. The summed E-state index contributed by atoms with van der Waals surface area (Å²) in [6.45, 7) is 2.01. The number of carbonyl (C=O) groups excluding carboxylic acids is 1. The quantitative estimate of drug-likeness (QED) is 0.548. The van der Waals surface area contributed by atoms with Gasteiger partial charge in [-0.3, -0.25) is 4.79 Å². The first-order valence-electron chi connectivity index (χ1n) is 7.67. The molecule has 0 aliphatic heterocycles. The molecule has 3 N–H and O–H groups in total. The molecule has 25 heavy (non-hydrogen) atoms. The Hall–Kier alpha value is -2.99. The molecule has 2 heterocycles. The van der Waals surface area contributed by atoms with Crippen LogP contribution < -0.4 is 11.1 Å². The number of anilines is 2. The highest BCUT2D eigenvalue weighted by atomic mass is 32.1. The maximum Gasteiger partial charge on any atom is 0.267 e. The summed E-state index contributed by atoms with van der Waals surface area (Å²) in [4.78, 5) is 18.3. The van der Waals surface area contributed by atoms with Crippen molar-refractivity contribution in [2.24, 2.45) is 0 Å². The van der Waals surface area contributed by atoms with Crippen molar-refractivity contribution >= 4 is 49.7 Å². The largest absolute Gasteiger partial charge is 0.397 e. The Morgan fingerprint density at radius 2 is 1.92 bits per heavy atom. The van der Waals surface area contributed by atoms with Crippen molar-refractivity contribution in [1.82, 2.24) is 4.98 Å². The number of nitrogen functional groups attached to an aromatic ring is 1. The number of aromatic nitrogens is 1. The number of nitrogens with two attached hydrogens (primary N) is 1. The van der Waals surface area contributed by atoms with E-state index < -0.39 is 0 Å². The third-order valence-electron chi connectivity index (χ3n) is 3.98. The minimum Gasteiger partial charge on any atom is -0.397 e.